The summed E-state index contributed by atoms with van der Waals surface area (Å²) in [4.78, 5) is 20.3. The van der Waals surface area contributed by atoms with E-state index >= 15 is 0 Å². The van der Waals surface area contributed by atoms with E-state index in [1.807, 2.05) is 0 Å². The van der Waals surface area contributed by atoms with Gasteiger partial charge in [0, 0.05) is 5.69 Å². The predicted octanol–water partition coefficient (Wildman–Crippen LogP) is 1.10. The van der Waals surface area contributed by atoms with Crippen LogP contribution in [0.1, 0.15) is 5.69 Å². The highest BCUT2D eigenvalue weighted by Gasteiger charge is 2.13. The van der Waals surface area contributed by atoms with Gasteiger partial charge in [-0.1, -0.05) is 0 Å². The molecule has 0 atom stereocenters. The van der Waals surface area contributed by atoms with E-state index in [0.29, 0.717) is 22.9 Å². The lowest BCUT2D eigenvalue weighted by Crippen LogP contribution is -2.18. The molecule has 0 aliphatic rings. The van der Waals surface area contributed by atoms with Gasteiger partial charge in [-0.2, -0.15) is 4.52 Å². The first-order valence-corrected chi connectivity index (χ1v) is 5.61. The molecule has 7 nitrogen and oxygen atoms in total. The number of nitrogen functional groups attached to an aromatic ring is 1. The number of nitrogens with zero attached hydrogens (tertiary/aromatic N) is 3. The highest BCUT2D eigenvalue weighted by molar-refractivity contribution is 5.44. The summed E-state index contributed by atoms with van der Waals surface area (Å²) < 4.78 is 6.80. The Bertz CT molecular complexity index is 788. The molecule has 0 amide bonds. The molecule has 3 aromatic rings. The van der Waals surface area contributed by atoms with Gasteiger partial charge in [-0.3, -0.25) is 9.89 Å². The van der Waals surface area contributed by atoms with Gasteiger partial charge in [-0.15, -0.1) is 0 Å². The first-order valence-electron chi connectivity index (χ1n) is 5.61. The Morgan fingerprint density at radius 3 is 2.79 bits per heavy atom. The van der Waals surface area contributed by atoms with E-state index in [1.165, 1.54) is 10.8 Å². The zero-order valence-electron chi connectivity index (χ0n) is 10.1. The molecule has 2 aromatic heterocycles. The summed E-state index contributed by atoms with van der Waals surface area (Å²) in [6.07, 6.45) is 1.40. The first-order chi connectivity index (χ1) is 9.15. The minimum absolute atomic E-state index is 0.159. The normalized spacial score (nSPS) is 10.8. The number of hydrogen-bond acceptors (Lipinski definition) is 5. The zero-order chi connectivity index (χ0) is 13.4. The molecule has 19 heavy (non-hydrogen) atoms. The molecule has 0 aliphatic carbocycles. The van der Waals surface area contributed by atoms with E-state index < -0.39 is 0 Å². The van der Waals surface area contributed by atoms with Crippen LogP contribution in [-0.2, 0) is 0 Å². The van der Waals surface area contributed by atoms with Crippen LogP contribution in [0.2, 0.25) is 0 Å². The van der Waals surface area contributed by atoms with Crippen molar-refractivity contribution < 1.29 is 4.74 Å². The number of aryl methyl sites for hydroxylation is 1. The van der Waals surface area contributed by atoms with Crippen LogP contribution < -0.4 is 16.0 Å². The fourth-order valence-corrected chi connectivity index (χ4v) is 1.72. The van der Waals surface area contributed by atoms with Crippen molar-refractivity contribution in [2.45, 2.75) is 6.92 Å². The van der Waals surface area contributed by atoms with Gasteiger partial charge in [0.1, 0.15) is 12.1 Å². The highest BCUT2D eigenvalue weighted by atomic mass is 16.5. The molecule has 0 fully saturated rings. The van der Waals surface area contributed by atoms with Gasteiger partial charge in [-0.25, -0.2) is 9.97 Å². The number of hydrogen-bond donors (Lipinski definition) is 2. The zero-order valence-corrected chi connectivity index (χ0v) is 10.1. The second-order valence-electron chi connectivity index (χ2n) is 4.03. The number of nitrogens with one attached hydrogen (secondary N) is 1. The average molecular weight is 257 g/mol. The first kappa shape index (κ1) is 11.3. The monoisotopic (exact) mass is 257 g/mol. The summed E-state index contributed by atoms with van der Waals surface area (Å²) in [5.41, 5.74) is 6.37. The maximum Gasteiger partial charge on any atom is 0.317 e. The summed E-state index contributed by atoms with van der Waals surface area (Å²) in [5, 5.41) is 2.68. The van der Waals surface area contributed by atoms with Gasteiger partial charge in [0.2, 0.25) is 5.75 Å². The average Bonchev–Trinajstić information content (AvgIpc) is 2.85. The Hall–Kier alpha value is -2.83. The number of rotatable bonds is 2. The Balaban J connectivity index is 2.09. The third-order valence-corrected chi connectivity index (χ3v) is 2.66. The largest absolute Gasteiger partial charge is 0.450 e. The Morgan fingerprint density at radius 1 is 1.32 bits per heavy atom. The predicted molar refractivity (Wildman–Crippen MR) is 69.3 cm³/mol. The summed E-state index contributed by atoms with van der Waals surface area (Å²) in [7, 11) is 0. The van der Waals surface area contributed by atoms with Crippen LogP contribution in [0.4, 0.5) is 5.69 Å². The van der Waals surface area contributed by atoms with Crippen LogP contribution in [-0.4, -0.2) is 19.6 Å². The van der Waals surface area contributed by atoms with E-state index in [-0.39, 0.29) is 11.3 Å². The fourth-order valence-electron chi connectivity index (χ4n) is 1.72. The SMILES string of the molecule is Cc1nc2nc[nH]n2c(=O)c1Oc1ccc(N)cc1. The summed E-state index contributed by atoms with van der Waals surface area (Å²) in [5.74, 6) is 0.995. The van der Waals surface area contributed by atoms with E-state index in [9.17, 15) is 4.79 Å². The topological polar surface area (TPSA) is 98.3 Å². The molecule has 2 heterocycles. The van der Waals surface area contributed by atoms with Crippen molar-refractivity contribution in [3.8, 4) is 11.5 Å². The second-order valence-corrected chi connectivity index (χ2v) is 4.03. The molecule has 0 saturated carbocycles. The summed E-state index contributed by atoms with van der Waals surface area (Å²) in [6.45, 7) is 1.70. The molecule has 7 heteroatoms. The van der Waals surface area contributed by atoms with Crippen molar-refractivity contribution in [3.05, 3.63) is 46.6 Å². The molecule has 3 N–H and O–H groups in total. The molecule has 0 saturated heterocycles. The molecule has 0 bridgehead atoms. The number of nitrogens with two attached hydrogens (primary N) is 1. The summed E-state index contributed by atoms with van der Waals surface area (Å²) in [6, 6.07) is 6.78. The molecule has 0 radical (unpaired) electrons. The number of fused-ring (bicyclic) bond motifs is 1. The van der Waals surface area contributed by atoms with E-state index in [4.69, 9.17) is 10.5 Å². The quantitative estimate of drug-likeness (QED) is 0.670. The molecular weight excluding hydrogens is 246 g/mol. The van der Waals surface area contributed by atoms with Gasteiger partial charge in [0.15, 0.2) is 0 Å². The number of H-pyrrole nitrogens is 1. The van der Waals surface area contributed by atoms with Crippen LogP contribution >= 0.6 is 0 Å². The molecule has 96 valence electrons. The number of ether oxygens (including phenoxy) is 1. The lowest BCUT2D eigenvalue weighted by molar-refractivity contribution is 0.464. The standard InChI is InChI=1S/C12H11N5O2/c1-7-10(19-9-4-2-8(13)3-5-9)11(18)17-12(16-7)14-6-15-17/h2-6H,13H2,1H3,(H,14,15,16). The Labute approximate surface area is 107 Å². The van der Waals surface area contributed by atoms with E-state index in [1.54, 1.807) is 31.2 Å². The maximum absolute atomic E-state index is 12.2. The van der Waals surface area contributed by atoms with Gasteiger partial charge in [-0.05, 0) is 31.2 Å². The number of aromatic nitrogens is 4. The van der Waals surface area contributed by atoms with E-state index in [0.717, 1.165) is 0 Å². The van der Waals surface area contributed by atoms with Gasteiger partial charge in [0.05, 0.1) is 5.69 Å². The Kier molecular flexibility index (Phi) is 2.45. The minimum Gasteiger partial charge on any atom is -0.450 e. The Morgan fingerprint density at radius 2 is 2.05 bits per heavy atom. The van der Waals surface area contributed by atoms with Crippen LogP contribution in [0.5, 0.6) is 11.5 Å². The van der Waals surface area contributed by atoms with Crippen molar-refractivity contribution in [2.24, 2.45) is 0 Å². The number of benzene rings is 1. The smallest absolute Gasteiger partial charge is 0.317 e. The van der Waals surface area contributed by atoms with Crippen LogP contribution in [0, 0.1) is 6.92 Å². The molecule has 0 aliphatic heterocycles. The molecule has 3 rings (SSSR count). The highest BCUT2D eigenvalue weighted by Crippen LogP contribution is 2.21. The molecule has 0 unspecified atom stereocenters. The molecular formula is C12H11N5O2. The van der Waals surface area contributed by atoms with Crippen molar-refractivity contribution >= 4 is 11.5 Å². The van der Waals surface area contributed by atoms with Crippen molar-refractivity contribution in [3.63, 3.8) is 0 Å². The van der Waals surface area contributed by atoms with Gasteiger partial charge in [0.25, 0.3) is 5.78 Å². The van der Waals surface area contributed by atoms with Crippen molar-refractivity contribution in [1.82, 2.24) is 19.6 Å². The lowest BCUT2D eigenvalue weighted by atomic mass is 10.3. The number of anilines is 1. The molecule has 0 spiro atoms. The second kappa shape index (κ2) is 4.13. The van der Waals surface area contributed by atoms with Crippen LogP contribution in [0.15, 0.2) is 35.4 Å². The molecule has 1 aromatic carbocycles. The third-order valence-electron chi connectivity index (χ3n) is 2.66. The summed E-state index contributed by atoms with van der Waals surface area (Å²) >= 11 is 0. The minimum atomic E-state index is -0.336. The van der Waals surface area contributed by atoms with Crippen molar-refractivity contribution in [2.75, 3.05) is 5.73 Å². The number of aromatic amines is 1. The van der Waals surface area contributed by atoms with Crippen LogP contribution in [0.25, 0.3) is 5.78 Å². The van der Waals surface area contributed by atoms with E-state index in [2.05, 4.69) is 15.1 Å². The lowest BCUT2D eigenvalue weighted by Gasteiger charge is -2.07. The van der Waals surface area contributed by atoms with Gasteiger partial charge < -0.3 is 10.5 Å². The van der Waals surface area contributed by atoms with Crippen molar-refractivity contribution in [1.29, 1.82) is 0 Å². The fraction of sp³-hybridized carbons (Fsp3) is 0.0833. The van der Waals surface area contributed by atoms with Gasteiger partial charge >= 0.3 is 5.56 Å². The third kappa shape index (κ3) is 1.90. The maximum atomic E-state index is 12.2. The van der Waals surface area contributed by atoms with Crippen LogP contribution in [0.3, 0.4) is 0 Å².